The number of benzene rings is 1. The molecule has 0 atom stereocenters. The van der Waals surface area contributed by atoms with Crippen LogP contribution in [0.15, 0.2) is 30.5 Å². The van der Waals surface area contributed by atoms with E-state index in [1.54, 1.807) is 18.3 Å². The van der Waals surface area contributed by atoms with Crippen LogP contribution in [-0.4, -0.2) is 22.6 Å². The molecular weight excluding hydrogens is 324 g/mol. The van der Waals surface area contributed by atoms with Gasteiger partial charge in [-0.2, -0.15) is 10.2 Å². The first-order valence-electron chi connectivity index (χ1n) is 8.83. The molecule has 1 aliphatic carbocycles. The van der Waals surface area contributed by atoms with Crippen molar-refractivity contribution in [2.24, 2.45) is 11.7 Å². The zero-order valence-electron chi connectivity index (χ0n) is 14.8. The highest BCUT2D eigenvalue weighted by molar-refractivity contribution is 5.60. The summed E-state index contributed by atoms with van der Waals surface area (Å²) >= 11 is 0. The van der Waals surface area contributed by atoms with Gasteiger partial charge in [-0.15, -0.1) is 0 Å². The molecule has 0 radical (unpaired) electrons. The average molecular weight is 346 g/mol. The lowest BCUT2D eigenvalue weighted by Gasteiger charge is -2.27. The first-order chi connectivity index (χ1) is 12.7. The normalized spacial score (nSPS) is 18.0. The lowest BCUT2D eigenvalue weighted by Crippen LogP contribution is -2.35. The van der Waals surface area contributed by atoms with E-state index < -0.39 is 0 Å². The molecule has 26 heavy (non-hydrogen) atoms. The summed E-state index contributed by atoms with van der Waals surface area (Å²) in [5.74, 6) is 8.01. The number of nitrogens with two attached hydrogens (primary N) is 1. The third-order valence-electron chi connectivity index (χ3n) is 4.16. The van der Waals surface area contributed by atoms with E-state index in [-0.39, 0.29) is 0 Å². The largest absolute Gasteiger partial charge is 0.369 e. The topological polar surface area (TPSA) is 99.6 Å². The van der Waals surface area contributed by atoms with E-state index in [1.165, 1.54) is 0 Å². The standard InChI is InChI=1S/C20H22N6/c1-2-8-23-19-16(7-6-14-9-17(22)10-14)13-24-20(26-19)25-18-5-3-4-15(11-18)12-21/h3-5,11,13-14,17H,2,8-10,22H2,1H3,(H2,23,24,25,26)/t14-,17+. The van der Waals surface area contributed by atoms with Gasteiger partial charge in [0.2, 0.25) is 5.95 Å². The maximum atomic E-state index is 9.01. The summed E-state index contributed by atoms with van der Waals surface area (Å²) in [4.78, 5) is 8.92. The monoisotopic (exact) mass is 346 g/mol. The van der Waals surface area contributed by atoms with E-state index in [9.17, 15) is 0 Å². The predicted octanol–water partition coefficient (Wildman–Crippen LogP) is 3.00. The Kier molecular flexibility index (Phi) is 5.68. The van der Waals surface area contributed by atoms with Gasteiger partial charge < -0.3 is 16.4 Å². The van der Waals surface area contributed by atoms with Crippen LogP contribution in [0.5, 0.6) is 0 Å². The number of hydrogen-bond acceptors (Lipinski definition) is 6. The fourth-order valence-electron chi connectivity index (χ4n) is 2.67. The molecule has 6 nitrogen and oxygen atoms in total. The molecule has 0 amide bonds. The summed E-state index contributed by atoms with van der Waals surface area (Å²) < 4.78 is 0. The van der Waals surface area contributed by atoms with Crippen molar-refractivity contribution in [1.82, 2.24) is 9.97 Å². The maximum Gasteiger partial charge on any atom is 0.229 e. The van der Waals surface area contributed by atoms with Gasteiger partial charge in [0.05, 0.1) is 23.4 Å². The number of rotatable bonds is 5. The van der Waals surface area contributed by atoms with Crippen LogP contribution < -0.4 is 16.4 Å². The van der Waals surface area contributed by atoms with Gasteiger partial charge in [-0.3, -0.25) is 0 Å². The molecule has 6 heteroatoms. The number of aromatic nitrogens is 2. The Hall–Kier alpha value is -3.09. The lowest BCUT2D eigenvalue weighted by molar-refractivity contribution is 0.335. The molecule has 0 aliphatic heterocycles. The molecular formula is C20H22N6. The van der Waals surface area contributed by atoms with Crippen molar-refractivity contribution >= 4 is 17.5 Å². The molecule has 2 aromatic rings. The molecule has 1 aliphatic rings. The third-order valence-corrected chi connectivity index (χ3v) is 4.16. The second-order valence-electron chi connectivity index (χ2n) is 6.40. The molecule has 1 fully saturated rings. The van der Waals surface area contributed by atoms with Crippen LogP contribution in [0.25, 0.3) is 0 Å². The van der Waals surface area contributed by atoms with Gasteiger partial charge in [0.25, 0.3) is 0 Å². The fraction of sp³-hybridized carbons (Fsp3) is 0.350. The van der Waals surface area contributed by atoms with Crippen molar-refractivity contribution < 1.29 is 0 Å². The Morgan fingerprint density at radius 3 is 2.92 bits per heavy atom. The van der Waals surface area contributed by atoms with E-state index in [0.717, 1.165) is 42.9 Å². The van der Waals surface area contributed by atoms with Crippen LogP contribution in [0, 0.1) is 29.1 Å². The van der Waals surface area contributed by atoms with Crippen LogP contribution >= 0.6 is 0 Å². The van der Waals surface area contributed by atoms with Gasteiger partial charge in [-0.25, -0.2) is 4.98 Å². The van der Waals surface area contributed by atoms with Gasteiger partial charge in [-0.05, 0) is 37.5 Å². The SMILES string of the molecule is CCCNc1nc(Nc2cccc(C#N)c2)ncc1C#C[C@H]1C[C@@H](N)C1. The van der Waals surface area contributed by atoms with Gasteiger partial charge in [0.1, 0.15) is 5.82 Å². The minimum Gasteiger partial charge on any atom is -0.369 e. The van der Waals surface area contributed by atoms with Crippen molar-refractivity contribution in [2.75, 3.05) is 17.2 Å². The Labute approximate surface area is 153 Å². The van der Waals surface area contributed by atoms with Crippen LogP contribution in [0.2, 0.25) is 0 Å². The highest BCUT2D eigenvalue weighted by Crippen LogP contribution is 2.25. The lowest BCUT2D eigenvalue weighted by atomic mass is 9.81. The van der Waals surface area contributed by atoms with Crippen molar-refractivity contribution in [3.05, 3.63) is 41.6 Å². The minimum atomic E-state index is 0.291. The zero-order chi connectivity index (χ0) is 18.4. The van der Waals surface area contributed by atoms with Crippen molar-refractivity contribution in [3.63, 3.8) is 0 Å². The van der Waals surface area contributed by atoms with E-state index >= 15 is 0 Å². The minimum absolute atomic E-state index is 0.291. The number of nitrogens with one attached hydrogen (secondary N) is 2. The summed E-state index contributed by atoms with van der Waals surface area (Å²) in [5.41, 5.74) is 7.96. The summed E-state index contributed by atoms with van der Waals surface area (Å²) in [7, 11) is 0. The second kappa shape index (κ2) is 8.33. The van der Waals surface area contributed by atoms with Crippen LogP contribution in [0.3, 0.4) is 0 Å². The number of anilines is 3. The Morgan fingerprint density at radius 1 is 1.35 bits per heavy atom. The van der Waals surface area contributed by atoms with E-state index in [0.29, 0.717) is 23.5 Å². The first-order valence-corrected chi connectivity index (χ1v) is 8.83. The molecule has 1 heterocycles. The predicted molar refractivity (Wildman–Crippen MR) is 103 cm³/mol. The zero-order valence-corrected chi connectivity index (χ0v) is 14.8. The van der Waals surface area contributed by atoms with E-state index in [2.05, 4.69) is 45.4 Å². The number of hydrogen-bond donors (Lipinski definition) is 3. The average Bonchev–Trinajstić information content (AvgIpc) is 2.63. The Bertz CT molecular complexity index is 868. The molecule has 0 bridgehead atoms. The molecule has 1 aromatic carbocycles. The van der Waals surface area contributed by atoms with Gasteiger partial charge in [0, 0.05) is 24.2 Å². The summed E-state index contributed by atoms with van der Waals surface area (Å²) in [6.45, 7) is 2.91. The van der Waals surface area contributed by atoms with Crippen molar-refractivity contribution in [1.29, 1.82) is 5.26 Å². The Morgan fingerprint density at radius 2 is 2.19 bits per heavy atom. The van der Waals surface area contributed by atoms with Crippen LogP contribution in [-0.2, 0) is 0 Å². The van der Waals surface area contributed by atoms with Gasteiger partial charge in [0.15, 0.2) is 0 Å². The highest BCUT2D eigenvalue weighted by atomic mass is 15.1. The summed E-state index contributed by atoms with van der Waals surface area (Å²) in [6, 6.07) is 9.62. The van der Waals surface area contributed by atoms with Crippen LogP contribution in [0.1, 0.15) is 37.3 Å². The number of nitriles is 1. The molecule has 132 valence electrons. The number of nitrogens with zero attached hydrogens (tertiary/aromatic N) is 3. The summed E-state index contributed by atoms with van der Waals surface area (Å²) in [6.07, 6.45) is 4.63. The van der Waals surface area contributed by atoms with E-state index in [1.807, 2.05) is 12.1 Å². The smallest absolute Gasteiger partial charge is 0.229 e. The molecule has 0 saturated heterocycles. The summed E-state index contributed by atoms with van der Waals surface area (Å²) in [5, 5.41) is 15.5. The maximum absolute atomic E-state index is 9.01. The quantitative estimate of drug-likeness (QED) is 0.720. The van der Waals surface area contributed by atoms with Gasteiger partial charge in [-0.1, -0.05) is 24.8 Å². The van der Waals surface area contributed by atoms with Crippen LogP contribution in [0.4, 0.5) is 17.5 Å². The molecule has 0 unspecified atom stereocenters. The highest BCUT2D eigenvalue weighted by Gasteiger charge is 2.23. The van der Waals surface area contributed by atoms with Gasteiger partial charge >= 0.3 is 0 Å². The van der Waals surface area contributed by atoms with Crippen molar-refractivity contribution in [3.8, 4) is 17.9 Å². The van der Waals surface area contributed by atoms with E-state index in [4.69, 9.17) is 11.0 Å². The Balaban J connectivity index is 1.79. The molecule has 3 rings (SSSR count). The molecule has 4 N–H and O–H groups in total. The second-order valence-corrected chi connectivity index (χ2v) is 6.40. The molecule has 1 aromatic heterocycles. The molecule has 1 saturated carbocycles. The fourth-order valence-corrected chi connectivity index (χ4v) is 2.67. The van der Waals surface area contributed by atoms with Crippen molar-refractivity contribution in [2.45, 2.75) is 32.2 Å². The molecule has 0 spiro atoms. The first kappa shape index (κ1) is 17.7. The third kappa shape index (κ3) is 4.50.